The Balaban J connectivity index is 2.29. The first-order chi connectivity index (χ1) is 7.65. The van der Waals surface area contributed by atoms with Gasteiger partial charge in [0.15, 0.2) is 0 Å². The molecule has 5 heteroatoms. The predicted octanol–water partition coefficient (Wildman–Crippen LogP) is 1.37. The zero-order valence-corrected chi connectivity index (χ0v) is 8.87. The van der Waals surface area contributed by atoms with Crippen molar-refractivity contribution >= 4 is 23.2 Å². The van der Waals surface area contributed by atoms with Crippen LogP contribution >= 0.6 is 0 Å². The lowest BCUT2D eigenvalue weighted by molar-refractivity contribution is -0.116. The molecule has 0 fully saturated rings. The van der Waals surface area contributed by atoms with E-state index >= 15 is 0 Å². The number of fused-ring (bicyclic) bond motifs is 1. The number of hydrogen-bond acceptors (Lipinski definition) is 3. The molecule has 1 aliphatic heterocycles. The smallest absolute Gasteiger partial charge is 0.227 e. The van der Waals surface area contributed by atoms with E-state index in [2.05, 4.69) is 10.6 Å². The third kappa shape index (κ3) is 2.31. The van der Waals surface area contributed by atoms with Gasteiger partial charge in [-0.15, -0.1) is 0 Å². The lowest BCUT2D eigenvalue weighted by Gasteiger charge is -2.09. The van der Waals surface area contributed by atoms with Gasteiger partial charge in [0, 0.05) is 12.6 Å². The van der Waals surface area contributed by atoms with Crippen LogP contribution in [0.4, 0.5) is 11.4 Å². The van der Waals surface area contributed by atoms with Gasteiger partial charge >= 0.3 is 0 Å². The third-order valence-corrected chi connectivity index (χ3v) is 2.16. The summed E-state index contributed by atoms with van der Waals surface area (Å²) in [5, 5.41) is 5.37. The molecule has 1 aromatic rings. The standard InChI is InChI=1S/C11H12N2O3/c1-7(14)12-8-2-3-10-9(6-8)13-11(15)4-5-16-10/h2-3,6H,4-5H2,1H3,(H,12,14)(H,13,15). The van der Waals surface area contributed by atoms with Gasteiger partial charge < -0.3 is 15.4 Å². The summed E-state index contributed by atoms with van der Waals surface area (Å²) in [4.78, 5) is 22.2. The normalized spacial score (nSPS) is 14.2. The largest absolute Gasteiger partial charge is 0.491 e. The Morgan fingerprint density at radius 2 is 2.31 bits per heavy atom. The lowest BCUT2D eigenvalue weighted by atomic mass is 10.2. The highest BCUT2D eigenvalue weighted by atomic mass is 16.5. The van der Waals surface area contributed by atoms with Crippen molar-refractivity contribution in [2.24, 2.45) is 0 Å². The minimum absolute atomic E-state index is 0.0845. The van der Waals surface area contributed by atoms with Crippen LogP contribution in [0.1, 0.15) is 13.3 Å². The van der Waals surface area contributed by atoms with Gasteiger partial charge in [-0.3, -0.25) is 9.59 Å². The van der Waals surface area contributed by atoms with E-state index in [1.807, 2.05) is 0 Å². The second kappa shape index (κ2) is 4.22. The molecule has 0 atom stereocenters. The average Bonchev–Trinajstić information content (AvgIpc) is 2.37. The summed E-state index contributed by atoms with van der Waals surface area (Å²) in [5.74, 6) is 0.388. The number of anilines is 2. The number of carbonyl (C=O) groups excluding carboxylic acids is 2. The van der Waals surface area contributed by atoms with Crippen molar-refractivity contribution in [3.63, 3.8) is 0 Å². The number of hydrogen-bond donors (Lipinski definition) is 2. The molecule has 2 N–H and O–H groups in total. The second-order valence-electron chi connectivity index (χ2n) is 3.54. The molecule has 0 spiro atoms. The number of rotatable bonds is 1. The Bertz CT molecular complexity index is 443. The van der Waals surface area contributed by atoms with Crippen molar-refractivity contribution < 1.29 is 14.3 Å². The lowest BCUT2D eigenvalue weighted by Crippen LogP contribution is -2.11. The highest BCUT2D eigenvalue weighted by Gasteiger charge is 2.14. The van der Waals surface area contributed by atoms with Crippen LogP contribution in [0, 0.1) is 0 Å². The fourth-order valence-electron chi connectivity index (χ4n) is 1.50. The molecule has 2 rings (SSSR count). The Hall–Kier alpha value is -2.04. The number of amides is 2. The summed E-state index contributed by atoms with van der Waals surface area (Å²) >= 11 is 0. The molecule has 0 saturated carbocycles. The number of nitrogens with one attached hydrogen (secondary N) is 2. The molecule has 1 heterocycles. The van der Waals surface area contributed by atoms with Gasteiger partial charge in [-0.1, -0.05) is 0 Å². The minimum Gasteiger partial charge on any atom is -0.491 e. The molecule has 1 aromatic carbocycles. The van der Waals surface area contributed by atoms with E-state index in [9.17, 15) is 9.59 Å². The van der Waals surface area contributed by atoms with Crippen LogP contribution in [0.5, 0.6) is 5.75 Å². The molecule has 16 heavy (non-hydrogen) atoms. The number of ether oxygens (including phenoxy) is 1. The molecule has 0 aliphatic carbocycles. The number of benzene rings is 1. The summed E-state index contributed by atoms with van der Waals surface area (Å²) in [6, 6.07) is 5.14. The van der Waals surface area contributed by atoms with Crippen LogP contribution in [0.15, 0.2) is 18.2 Å². The van der Waals surface area contributed by atoms with E-state index in [0.717, 1.165) is 0 Å². The second-order valence-corrected chi connectivity index (χ2v) is 3.54. The Morgan fingerprint density at radius 1 is 1.50 bits per heavy atom. The predicted molar refractivity (Wildman–Crippen MR) is 59.5 cm³/mol. The first-order valence-corrected chi connectivity index (χ1v) is 4.99. The highest BCUT2D eigenvalue weighted by Crippen LogP contribution is 2.29. The fourth-order valence-corrected chi connectivity index (χ4v) is 1.50. The first-order valence-electron chi connectivity index (χ1n) is 4.99. The number of carbonyl (C=O) groups is 2. The molecule has 84 valence electrons. The van der Waals surface area contributed by atoms with Crippen LogP contribution in [0.2, 0.25) is 0 Å². The SMILES string of the molecule is CC(=O)Nc1ccc2c(c1)NC(=O)CCO2. The molecule has 0 bridgehead atoms. The Labute approximate surface area is 92.8 Å². The van der Waals surface area contributed by atoms with Gasteiger partial charge in [0.2, 0.25) is 11.8 Å². The fraction of sp³-hybridized carbons (Fsp3) is 0.273. The van der Waals surface area contributed by atoms with Crippen molar-refractivity contribution in [3.8, 4) is 5.75 Å². The van der Waals surface area contributed by atoms with E-state index in [4.69, 9.17) is 4.74 Å². The first kappa shape index (κ1) is 10.5. The summed E-state index contributed by atoms with van der Waals surface area (Å²) in [6.45, 7) is 1.80. The minimum atomic E-state index is -0.152. The van der Waals surface area contributed by atoms with Crippen molar-refractivity contribution in [2.45, 2.75) is 13.3 Å². The van der Waals surface area contributed by atoms with Gasteiger partial charge in [-0.2, -0.15) is 0 Å². The molecule has 5 nitrogen and oxygen atoms in total. The average molecular weight is 220 g/mol. The van der Waals surface area contributed by atoms with E-state index in [0.29, 0.717) is 30.2 Å². The van der Waals surface area contributed by atoms with Gasteiger partial charge in [-0.05, 0) is 18.2 Å². The highest BCUT2D eigenvalue weighted by molar-refractivity contribution is 5.95. The molecule has 0 radical (unpaired) electrons. The van der Waals surface area contributed by atoms with E-state index in [1.54, 1.807) is 18.2 Å². The van der Waals surface area contributed by atoms with Crippen molar-refractivity contribution in [1.29, 1.82) is 0 Å². The van der Waals surface area contributed by atoms with Gasteiger partial charge in [0.1, 0.15) is 5.75 Å². The van der Waals surface area contributed by atoms with Gasteiger partial charge in [-0.25, -0.2) is 0 Å². The Morgan fingerprint density at radius 3 is 3.06 bits per heavy atom. The molecular weight excluding hydrogens is 208 g/mol. The van der Waals surface area contributed by atoms with Crippen molar-refractivity contribution in [1.82, 2.24) is 0 Å². The summed E-state index contributed by atoms with van der Waals surface area (Å²) < 4.78 is 5.38. The molecule has 2 amide bonds. The summed E-state index contributed by atoms with van der Waals surface area (Å²) in [5.41, 5.74) is 1.23. The van der Waals surface area contributed by atoms with E-state index < -0.39 is 0 Å². The van der Waals surface area contributed by atoms with Crippen molar-refractivity contribution in [3.05, 3.63) is 18.2 Å². The van der Waals surface area contributed by atoms with E-state index in [-0.39, 0.29) is 11.8 Å². The summed E-state index contributed by atoms with van der Waals surface area (Å²) in [6.07, 6.45) is 0.337. The van der Waals surface area contributed by atoms with Crippen LogP contribution < -0.4 is 15.4 Å². The van der Waals surface area contributed by atoms with Crippen LogP contribution in [0.3, 0.4) is 0 Å². The topological polar surface area (TPSA) is 67.4 Å². The monoisotopic (exact) mass is 220 g/mol. The molecule has 0 aromatic heterocycles. The van der Waals surface area contributed by atoms with Crippen LogP contribution in [0.25, 0.3) is 0 Å². The molecule has 0 unspecified atom stereocenters. The molecular formula is C11H12N2O3. The van der Waals surface area contributed by atoms with Gasteiger partial charge in [0.05, 0.1) is 18.7 Å². The Kier molecular flexibility index (Phi) is 2.76. The van der Waals surface area contributed by atoms with Crippen LogP contribution in [-0.4, -0.2) is 18.4 Å². The zero-order chi connectivity index (χ0) is 11.5. The maximum Gasteiger partial charge on any atom is 0.227 e. The third-order valence-electron chi connectivity index (χ3n) is 2.16. The molecule has 0 saturated heterocycles. The quantitative estimate of drug-likeness (QED) is 0.751. The summed E-state index contributed by atoms with van der Waals surface area (Å²) in [7, 11) is 0. The van der Waals surface area contributed by atoms with Gasteiger partial charge in [0.25, 0.3) is 0 Å². The van der Waals surface area contributed by atoms with Crippen molar-refractivity contribution in [2.75, 3.05) is 17.2 Å². The molecule has 1 aliphatic rings. The van der Waals surface area contributed by atoms with E-state index in [1.165, 1.54) is 6.92 Å². The maximum absolute atomic E-state index is 11.3. The maximum atomic E-state index is 11.3. The zero-order valence-electron chi connectivity index (χ0n) is 8.87. The van der Waals surface area contributed by atoms with Crippen LogP contribution in [-0.2, 0) is 9.59 Å².